The van der Waals surface area contributed by atoms with Crippen molar-refractivity contribution in [2.45, 2.75) is 30.8 Å². The highest BCUT2D eigenvalue weighted by Gasteiger charge is 2.25. The van der Waals surface area contributed by atoms with Crippen molar-refractivity contribution in [3.8, 4) is 11.4 Å². The van der Waals surface area contributed by atoms with Gasteiger partial charge in [-0.3, -0.25) is 9.20 Å². The van der Waals surface area contributed by atoms with Crippen molar-refractivity contribution >= 4 is 56.3 Å². The zero-order valence-corrected chi connectivity index (χ0v) is 20.0. The van der Waals surface area contributed by atoms with Crippen molar-refractivity contribution in [1.82, 2.24) is 19.6 Å². The zero-order chi connectivity index (χ0) is 22.4. The van der Waals surface area contributed by atoms with Crippen LogP contribution in [0, 0.1) is 0 Å². The summed E-state index contributed by atoms with van der Waals surface area (Å²) in [6.45, 7) is 0. The van der Waals surface area contributed by atoms with Crippen molar-refractivity contribution in [1.29, 1.82) is 0 Å². The van der Waals surface area contributed by atoms with Crippen LogP contribution in [0.4, 0.5) is 0 Å². The van der Waals surface area contributed by atoms with Crippen LogP contribution >= 0.6 is 34.7 Å². The highest BCUT2D eigenvalue weighted by molar-refractivity contribution is 7.99. The van der Waals surface area contributed by atoms with E-state index in [1.54, 1.807) is 11.3 Å². The molecular formula is C25H19ClN4OS2. The molecule has 0 radical (unpaired) electrons. The van der Waals surface area contributed by atoms with E-state index in [2.05, 4.69) is 10.2 Å². The van der Waals surface area contributed by atoms with Crippen molar-refractivity contribution in [2.75, 3.05) is 5.75 Å². The Morgan fingerprint density at radius 1 is 1.03 bits per heavy atom. The first-order chi connectivity index (χ1) is 16.2. The molecule has 3 heterocycles. The van der Waals surface area contributed by atoms with E-state index in [0.717, 1.165) is 34.3 Å². The fourth-order valence-electron chi connectivity index (χ4n) is 4.38. The quantitative estimate of drug-likeness (QED) is 0.207. The Hall–Kier alpha value is -2.74. The summed E-state index contributed by atoms with van der Waals surface area (Å²) in [5.41, 5.74) is 3.67. The Morgan fingerprint density at radius 2 is 1.82 bits per heavy atom. The molecule has 0 spiro atoms. The van der Waals surface area contributed by atoms with Crippen molar-refractivity contribution in [2.24, 2.45) is 0 Å². The number of hydrogen-bond donors (Lipinski definition) is 0. The van der Waals surface area contributed by atoms with Crippen LogP contribution in [0.1, 0.15) is 33.6 Å². The number of ketones is 1. The number of rotatable bonds is 5. The number of halogens is 1. The topological polar surface area (TPSA) is 60.2 Å². The number of aryl methyl sites for hydroxylation is 2. The van der Waals surface area contributed by atoms with Crippen LogP contribution in [0.2, 0.25) is 5.02 Å². The Morgan fingerprint density at radius 3 is 2.67 bits per heavy atom. The summed E-state index contributed by atoms with van der Waals surface area (Å²) in [5.74, 6) is 1.03. The maximum absolute atomic E-state index is 12.7. The van der Waals surface area contributed by atoms with Crippen LogP contribution in [-0.4, -0.2) is 31.1 Å². The third-order valence-electron chi connectivity index (χ3n) is 5.97. The summed E-state index contributed by atoms with van der Waals surface area (Å²) in [6.07, 6.45) is 4.52. The van der Waals surface area contributed by atoms with Crippen LogP contribution in [0.25, 0.3) is 27.3 Å². The van der Waals surface area contributed by atoms with Gasteiger partial charge in [0.2, 0.25) is 0 Å². The summed E-state index contributed by atoms with van der Waals surface area (Å²) in [4.78, 5) is 20.2. The number of nitrogens with zero attached hydrogens (tertiary/aromatic N) is 4. The maximum atomic E-state index is 12.7. The molecule has 5 aromatic rings. The molecule has 0 N–H and O–H groups in total. The van der Waals surface area contributed by atoms with E-state index in [9.17, 15) is 4.79 Å². The number of hydrogen-bond acceptors (Lipinski definition) is 6. The SMILES string of the molecule is O=C(CSc1nnc2c3c4c(sc3nc(-c3ccccc3Cl)n12)CCCC4)c1ccccc1. The lowest BCUT2D eigenvalue weighted by Crippen LogP contribution is -2.04. The van der Waals surface area contributed by atoms with Crippen LogP contribution in [0.15, 0.2) is 59.8 Å². The van der Waals surface area contributed by atoms with Gasteiger partial charge < -0.3 is 0 Å². The van der Waals surface area contributed by atoms with Gasteiger partial charge >= 0.3 is 0 Å². The van der Waals surface area contributed by atoms with Gasteiger partial charge in [0.05, 0.1) is 16.2 Å². The second kappa shape index (κ2) is 8.56. The average molecular weight is 491 g/mol. The van der Waals surface area contributed by atoms with E-state index < -0.39 is 0 Å². The molecule has 0 atom stereocenters. The van der Waals surface area contributed by atoms with E-state index in [4.69, 9.17) is 16.6 Å². The molecule has 1 aliphatic rings. The second-order valence-electron chi connectivity index (χ2n) is 8.03. The van der Waals surface area contributed by atoms with Crippen molar-refractivity contribution < 1.29 is 4.79 Å². The normalized spacial score (nSPS) is 13.5. The summed E-state index contributed by atoms with van der Waals surface area (Å²) in [7, 11) is 0. The van der Waals surface area contributed by atoms with Gasteiger partial charge in [-0.25, -0.2) is 4.98 Å². The molecule has 0 fully saturated rings. The Kier molecular flexibility index (Phi) is 5.40. The molecule has 0 saturated heterocycles. The number of thiophene rings is 1. The molecule has 0 unspecified atom stereocenters. The minimum Gasteiger partial charge on any atom is -0.293 e. The van der Waals surface area contributed by atoms with Gasteiger partial charge in [-0.15, -0.1) is 21.5 Å². The monoisotopic (exact) mass is 490 g/mol. The minimum absolute atomic E-state index is 0.0543. The molecule has 5 nitrogen and oxygen atoms in total. The Balaban J connectivity index is 1.52. The number of thioether (sulfide) groups is 1. The molecule has 2 aromatic carbocycles. The third kappa shape index (κ3) is 3.64. The molecule has 0 saturated carbocycles. The predicted molar refractivity (Wildman–Crippen MR) is 135 cm³/mol. The number of carbonyl (C=O) groups excluding carboxylic acids is 1. The van der Waals surface area contributed by atoms with Crippen LogP contribution in [0.5, 0.6) is 0 Å². The molecular weight excluding hydrogens is 472 g/mol. The molecule has 8 heteroatoms. The summed E-state index contributed by atoms with van der Waals surface area (Å²) < 4.78 is 1.98. The number of aromatic nitrogens is 4. The number of Topliss-reactive ketones (excluding diaryl/α,β-unsaturated/α-hetero) is 1. The summed E-state index contributed by atoms with van der Waals surface area (Å²) in [5, 5.41) is 11.5. The van der Waals surface area contributed by atoms with E-state index >= 15 is 0 Å². The highest BCUT2D eigenvalue weighted by atomic mass is 35.5. The lowest BCUT2D eigenvalue weighted by atomic mass is 9.97. The van der Waals surface area contributed by atoms with Gasteiger partial charge in [0.15, 0.2) is 22.4 Å². The van der Waals surface area contributed by atoms with Crippen LogP contribution in [0.3, 0.4) is 0 Å². The molecule has 1 aliphatic carbocycles. The van der Waals surface area contributed by atoms with Crippen molar-refractivity contribution in [3.05, 3.63) is 75.6 Å². The van der Waals surface area contributed by atoms with E-state index in [1.165, 1.54) is 35.0 Å². The maximum Gasteiger partial charge on any atom is 0.197 e. The van der Waals surface area contributed by atoms with Gasteiger partial charge in [-0.2, -0.15) is 0 Å². The molecule has 0 bridgehead atoms. The average Bonchev–Trinajstić information content (AvgIpc) is 3.44. The first kappa shape index (κ1) is 20.8. The van der Waals surface area contributed by atoms with Crippen molar-refractivity contribution in [3.63, 3.8) is 0 Å². The van der Waals surface area contributed by atoms with Gasteiger partial charge in [0, 0.05) is 16.0 Å². The summed E-state index contributed by atoms with van der Waals surface area (Å²) in [6, 6.07) is 17.0. The second-order valence-corrected chi connectivity index (χ2v) is 10.5. The first-order valence-electron chi connectivity index (χ1n) is 10.9. The van der Waals surface area contributed by atoms with Gasteiger partial charge in [0.25, 0.3) is 0 Å². The molecule has 6 rings (SSSR count). The van der Waals surface area contributed by atoms with E-state index in [0.29, 0.717) is 21.6 Å². The van der Waals surface area contributed by atoms with Gasteiger partial charge in [-0.1, -0.05) is 65.8 Å². The standard InChI is InChI=1S/C25H19ClN4OS2/c26-18-12-6-4-10-16(18)22-27-24-21(17-11-5-7-13-20(17)33-24)23-28-29-25(30(22)23)32-14-19(31)15-8-2-1-3-9-15/h1-4,6,8-10,12H,5,7,11,13-14H2. The fourth-order valence-corrected chi connectivity index (χ4v) is 6.69. The molecule has 0 amide bonds. The largest absolute Gasteiger partial charge is 0.293 e. The molecule has 164 valence electrons. The predicted octanol–water partition coefficient (Wildman–Crippen LogP) is 6.51. The molecule has 3 aromatic heterocycles. The number of fused-ring (bicyclic) bond motifs is 5. The molecule has 0 aliphatic heterocycles. The van der Waals surface area contributed by atoms with E-state index in [-0.39, 0.29) is 11.5 Å². The molecule has 33 heavy (non-hydrogen) atoms. The number of benzene rings is 2. The minimum atomic E-state index is 0.0543. The lowest BCUT2D eigenvalue weighted by Gasteiger charge is -2.12. The highest BCUT2D eigenvalue weighted by Crippen LogP contribution is 2.40. The lowest BCUT2D eigenvalue weighted by molar-refractivity contribution is 0.102. The first-order valence-corrected chi connectivity index (χ1v) is 13.0. The smallest absolute Gasteiger partial charge is 0.197 e. The third-order valence-corrected chi connectivity index (χ3v) is 8.42. The van der Waals surface area contributed by atoms with Gasteiger partial charge in [-0.05, 0) is 43.4 Å². The van der Waals surface area contributed by atoms with E-state index in [1.807, 2.05) is 59.0 Å². The van der Waals surface area contributed by atoms with Gasteiger partial charge in [0.1, 0.15) is 4.83 Å². The fraction of sp³-hybridized carbons (Fsp3) is 0.200. The van der Waals surface area contributed by atoms with Crippen LogP contribution in [-0.2, 0) is 12.8 Å². The Bertz CT molecular complexity index is 1510. The zero-order valence-electron chi connectivity index (χ0n) is 17.6. The summed E-state index contributed by atoms with van der Waals surface area (Å²) >= 11 is 9.73. The Labute approximate surface area is 203 Å². The van der Waals surface area contributed by atoms with Crippen LogP contribution < -0.4 is 0 Å². The number of carbonyl (C=O) groups is 1.